The summed E-state index contributed by atoms with van der Waals surface area (Å²) in [5.41, 5.74) is 4.46. The average Bonchev–Trinajstić information content (AvgIpc) is 2.51. The first-order valence-electron chi connectivity index (χ1n) is 7.28. The molecule has 0 aliphatic carbocycles. The minimum Gasteiger partial charge on any atom is -0.355 e. The van der Waals surface area contributed by atoms with Gasteiger partial charge >= 0.3 is 6.18 Å². The van der Waals surface area contributed by atoms with Crippen LogP contribution in [-0.2, 0) is 11.0 Å². The number of hydrogen-bond donors (Lipinski definition) is 2. The first-order valence-corrected chi connectivity index (χ1v) is 7.66. The van der Waals surface area contributed by atoms with Crippen LogP contribution in [0.15, 0.2) is 12.3 Å². The smallest absolute Gasteiger partial charge is 0.355 e. The second kappa shape index (κ2) is 7.35. The normalized spacial score (nSPS) is 18.8. The van der Waals surface area contributed by atoms with Gasteiger partial charge in [-0.25, -0.2) is 4.98 Å². The number of anilines is 1. The van der Waals surface area contributed by atoms with Crippen LogP contribution in [-0.4, -0.2) is 37.1 Å². The molecule has 2 heterocycles. The summed E-state index contributed by atoms with van der Waals surface area (Å²) < 4.78 is 38.0. The van der Waals surface area contributed by atoms with Crippen LogP contribution in [0.3, 0.4) is 0 Å². The molecule has 0 bridgehead atoms. The highest BCUT2D eigenvalue weighted by Gasteiger charge is 2.33. The number of rotatable bonds is 4. The molecule has 0 aromatic carbocycles. The van der Waals surface area contributed by atoms with Crippen molar-refractivity contribution in [3.63, 3.8) is 0 Å². The van der Waals surface area contributed by atoms with Crippen molar-refractivity contribution in [1.29, 1.82) is 0 Å². The summed E-state index contributed by atoms with van der Waals surface area (Å²) in [4.78, 5) is 17.6. The number of aromatic nitrogens is 1. The van der Waals surface area contributed by atoms with Crippen molar-refractivity contribution >= 4 is 23.3 Å². The molecule has 0 radical (unpaired) electrons. The quantitative estimate of drug-likeness (QED) is 0.871. The van der Waals surface area contributed by atoms with E-state index in [9.17, 15) is 18.0 Å². The van der Waals surface area contributed by atoms with Gasteiger partial charge in [-0.3, -0.25) is 4.79 Å². The Morgan fingerprint density at radius 3 is 2.87 bits per heavy atom. The van der Waals surface area contributed by atoms with Gasteiger partial charge in [0.05, 0.1) is 16.5 Å². The Hall–Kier alpha value is -1.54. The van der Waals surface area contributed by atoms with Crippen LogP contribution in [0.4, 0.5) is 19.0 Å². The zero-order valence-electron chi connectivity index (χ0n) is 12.4. The van der Waals surface area contributed by atoms with E-state index in [0.717, 1.165) is 18.7 Å². The topological polar surface area (TPSA) is 71.2 Å². The Morgan fingerprint density at radius 2 is 2.26 bits per heavy atom. The maximum atomic E-state index is 12.7. The highest BCUT2D eigenvalue weighted by Crippen LogP contribution is 2.34. The van der Waals surface area contributed by atoms with E-state index in [2.05, 4.69) is 10.3 Å². The second-order valence-electron chi connectivity index (χ2n) is 5.39. The van der Waals surface area contributed by atoms with Crippen molar-refractivity contribution in [2.24, 2.45) is 11.7 Å². The third-order valence-corrected chi connectivity index (χ3v) is 3.96. The van der Waals surface area contributed by atoms with Gasteiger partial charge in [0, 0.05) is 32.4 Å². The van der Waals surface area contributed by atoms with Gasteiger partial charge in [-0.15, -0.1) is 0 Å². The maximum absolute atomic E-state index is 12.7. The molecular weight excluding hydrogens is 333 g/mol. The third-order valence-electron chi connectivity index (χ3n) is 3.68. The Morgan fingerprint density at radius 1 is 1.52 bits per heavy atom. The lowest BCUT2D eigenvalue weighted by Crippen LogP contribution is -2.44. The van der Waals surface area contributed by atoms with Crippen LogP contribution in [0.2, 0.25) is 5.02 Å². The first-order chi connectivity index (χ1) is 10.8. The molecule has 128 valence electrons. The maximum Gasteiger partial charge on any atom is 0.417 e. The molecule has 0 saturated carbocycles. The number of carbonyl (C=O) groups is 1. The van der Waals surface area contributed by atoms with Crippen molar-refractivity contribution in [2.45, 2.75) is 19.0 Å². The van der Waals surface area contributed by atoms with Crippen LogP contribution >= 0.6 is 11.6 Å². The Labute approximate surface area is 137 Å². The summed E-state index contributed by atoms with van der Waals surface area (Å²) in [5.74, 6) is -0.0883. The molecule has 1 fully saturated rings. The molecule has 1 aliphatic heterocycles. The summed E-state index contributed by atoms with van der Waals surface area (Å²) in [7, 11) is 0. The molecule has 0 spiro atoms. The fraction of sp³-hybridized carbons (Fsp3) is 0.571. The van der Waals surface area contributed by atoms with Crippen molar-refractivity contribution in [1.82, 2.24) is 10.3 Å². The van der Waals surface area contributed by atoms with E-state index >= 15 is 0 Å². The fourth-order valence-electron chi connectivity index (χ4n) is 2.54. The Kier molecular flexibility index (Phi) is 5.69. The number of halogens is 4. The summed E-state index contributed by atoms with van der Waals surface area (Å²) in [5, 5.41) is 2.66. The van der Waals surface area contributed by atoms with Crippen molar-refractivity contribution in [3.8, 4) is 0 Å². The number of piperidine rings is 1. The Bertz CT molecular complexity index is 567. The number of amides is 1. The predicted molar refractivity (Wildman–Crippen MR) is 81.3 cm³/mol. The van der Waals surface area contributed by atoms with E-state index in [0.29, 0.717) is 32.6 Å². The lowest BCUT2D eigenvalue weighted by molar-refractivity contribution is -0.137. The van der Waals surface area contributed by atoms with Gasteiger partial charge in [-0.05, 0) is 18.9 Å². The summed E-state index contributed by atoms with van der Waals surface area (Å²) in [6.07, 6.45) is -2.27. The molecule has 3 N–H and O–H groups in total. The number of alkyl halides is 3. The fourth-order valence-corrected chi connectivity index (χ4v) is 2.83. The molecular formula is C14H18ClF3N4O. The molecule has 2 rings (SSSR count). The summed E-state index contributed by atoms with van der Waals surface area (Å²) in [6, 6.07) is 0.863. The van der Waals surface area contributed by atoms with E-state index in [1.54, 1.807) is 4.90 Å². The number of hydrogen-bond acceptors (Lipinski definition) is 4. The second-order valence-corrected chi connectivity index (χ2v) is 5.80. The van der Waals surface area contributed by atoms with Crippen molar-refractivity contribution in [3.05, 3.63) is 22.8 Å². The minimum absolute atomic E-state index is 0.0668. The van der Waals surface area contributed by atoms with Gasteiger partial charge in [-0.2, -0.15) is 13.2 Å². The van der Waals surface area contributed by atoms with Crippen LogP contribution in [0.25, 0.3) is 0 Å². The standard InChI is InChI=1S/C14H18ClF3N4O/c15-11-6-10(14(16,17)18)7-21-12(11)22-5-1-2-9(8-22)13(23)20-4-3-19/h6-7,9H,1-5,8,19H2,(H,20,23). The van der Waals surface area contributed by atoms with Gasteiger partial charge in [0.25, 0.3) is 0 Å². The molecule has 1 aromatic rings. The average molecular weight is 351 g/mol. The van der Waals surface area contributed by atoms with E-state index in [1.165, 1.54) is 0 Å². The highest BCUT2D eigenvalue weighted by molar-refractivity contribution is 6.33. The molecule has 1 aromatic heterocycles. The molecule has 9 heteroatoms. The van der Waals surface area contributed by atoms with Gasteiger partial charge < -0.3 is 16.0 Å². The van der Waals surface area contributed by atoms with E-state index in [-0.39, 0.29) is 22.7 Å². The van der Waals surface area contributed by atoms with Crippen molar-refractivity contribution in [2.75, 3.05) is 31.1 Å². The van der Waals surface area contributed by atoms with E-state index in [1.807, 2.05) is 0 Å². The number of nitrogens with zero attached hydrogens (tertiary/aromatic N) is 2. The lowest BCUT2D eigenvalue weighted by Gasteiger charge is -2.33. The minimum atomic E-state index is -4.48. The lowest BCUT2D eigenvalue weighted by atomic mass is 9.97. The molecule has 1 amide bonds. The van der Waals surface area contributed by atoms with E-state index in [4.69, 9.17) is 17.3 Å². The Balaban J connectivity index is 2.11. The number of pyridine rings is 1. The van der Waals surface area contributed by atoms with E-state index < -0.39 is 11.7 Å². The molecule has 1 aliphatic rings. The van der Waals surface area contributed by atoms with Gasteiger partial charge in [0.1, 0.15) is 5.82 Å². The number of nitrogens with one attached hydrogen (secondary N) is 1. The van der Waals surface area contributed by atoms with Crippen molar-refractivity contribution < 1.29 is 18.0 Å². The van der Waals surface area contributed by atoms with Gasteiger partial charge in [-0.1, -0.05) is 11.6 Å². The largest absolute Gasteiger partial charge is 0.417 e. The van der Waals surface area contributed by atoms with Crippen LogP contribution in [0.1, 0.15) is 18.4 Å². The molecule has 5 nitrogen and oxygen atoms in total. The monoisotopic (exact) mass is 350 g/mol. The first kappa shape index (κ1) is 17.8. The SMILES string of the molecule is NCCNC(=O)C1CCCN(c2ncc(C(F)(F)F)cc2Cl)C1. The molecule has 1 saturated heterocycles. The zero-order chi connectivity index (χ0) is 17.0. The highest BCUT2D eigenvalue weighted by atomic mass is 35.5. The zero-order valence-corrected chi connectivity index (χ0v) is 13.1. The van der Waals surface area contributed by atoms with Crippen LogP contribution in [0.5, 0.6) is 0 Å². The molecule has 1 atom stereocenters. The number of nitrogens with two attached hydrogens (primary N) is 1. The van der Waals surface area contributed by atoms with Crippen LogP contribution < -0.4 is 16.0 Å². The number of carbonyl (C=O) groups excluding carboxylic acids is 1. The summed E-state index contributed by atoms with van der Waals surface area (Å²) in [6.45, 7) is 1.72. The molecule has 23 heavy (non-hydrogen) atoms. The third kappa shape index (κ3) is 4.48. The summed E-state index contributed by atoms with van der Waals surface area (Å²) >= 11 is 5.96. The van der Waals surface area contributed by atoms with Gasteiger partial charge in [0.15, 0.2) is 0 Å². The predicted octanol–water partition coefficient (Wildman–Crippen LogP) is 2.05. The van der Waals surface area contributed by atoms with Crippen LogP contribution in [0, 0.1) is 5.92 Å². The molecule has 1 unspecified atom stereocenters. The van der Waals surface area contributed by atoms with Gasteiger partial charge in [0.2, 0.25) is 5.91 Å².